The van der Waals surface area contributed by atoms with Crippen molar-refractivity contribution in [3.8, 4) is 6.07 Å². The van der Waals surface area contributed by atoms with Crippen LogP contribution in [0.4, 0.5) is 0 Å². The summed E-state index contributed by atoms with van der Waals surface area (Å²) in [6.45, 7) is 4.38. The number of fused-ring (bicyclic) bond motifs is 3. The normalized spacial score (nSPS) is 15.7. The lowest BCUT2D eigenvalue weighted by Crippen LogP contribution is -2.23. The van der Waals surface area contributed by atoms with Crippen LogP contribution in [0.1, 0.15) is 37.1 Å². The molecule has 1 aliphatic carbocycles. The van der Waals surface area contributed by atoms with Crippen LogP contribution in [-0.4, -0.2) is 14.8 Å². The average molecular weight is 319 g/mol. The predicted molar refractivity (Wildman–Crippen MR) is 87.1 cm³/mol. The van der Waals surface area contributed by atoms with Crippen molar-refractivity contribution >= 4 is 33.3 Å². The molecular weight excluding hydrogens is 302 g/mol. The highest BCUT2D eigenvalue weighted by molar-refractivity contribution is 8.00. The van der Waals surface area contributed by atoms with Gasteiger partial charge in [-0.1, -0.05) is 11.8 Å². The smallest absolute Gasteiger partial charge is 0.263 e. The van der Waals surface area contributed by atoms with Gasteiger partial charge in [-0.25, -0.2) is 4.98 Å². The molecular formula is C15H17N3OS2. The molecule has 110 valence electrons. The van der Waals surface area contributed by atoms with Gasteiger partial charge >= 0.3 is 0 Å². The number of hydrogen-bond donors (Lipinski definition) is 0. The highest BCUT2D eigenvalue weighted by atomic mass is 32.2. The zero-order valence-electron chi connectivity index (χ0n) is 12.2. The Hall–Kier alpha value is -1.32. The molecule has 0 spiro atoms. The minimum atomic E-state index is -0.207. The third-order valence-corrected chi connectivity index (χ3v) is 5.99. The molecule has 0 aromatic carbocycles. The molecule has 2 aromatic heterocycles. The van der Waals surface area contributed by atoms with E-state index in [2.05, 4.69) is 6.07 Å². The quantitative estimate of drug-likeness (QED) is 0.643. The summed E-state index contributed by atoms with van der Waals surface area (Å²) >= 11 is 3.03. The number of aryl methyl sites for hydroxylation is 2. The number of thiophene rings is 1. The Morgan fingerprint density at radius 1 is 1.48 bits per heavy atom. The monoisotopic (exact) mass is 319 g/mol. The molecule has 0 bridgehead atoms. The molecule has 21 heavy (non-hydrogen) atoms. The summed E-state index contributed by atoms with van der Waals surface area (Å²) in [7, 11) is 0. The van der Waals surface area contributed by atoms with Gasteiger partial charge in [0, 0.05) is 11.4 Å². The fourth-order valence-corrected chi connectivity index (χ4v) is 4.93. The van der Waals surface area contributed by atoms with E-state index in [9.17, 15) is 4.79 Å². The first-order chi connectivity index (χ1) is 10.2. The topological polar surface area (TPSA) is 58.7 Å². The van der Waals surface area contributed by atoms with Crippen molar-refractivity contribution in [1.29, 1.82) is 5.26 Å². The number of hydrogen-bond acceptors (Lipinski definition) is 5. The zero-order chi connectivity index (χ0) is 15.0. The van der Waals surface area contributed by atoms with E-state index in [4.69, 9.17) is 10.2 Å². The Bertz CT molecular complexity index is 785. The summed E-state index contributed by atoms with van der Waals surface area (Å²) in [4.78, 5) is 19.7. The summed E-state index contributed by atoms with van der Waals surface area (Å²) in [5.41, 5.74) is 1.29. The highest BCUT2D eigenvalue weighted by Gasteiger charge is 2.22. The Balaban J connectivity index is 2.23. The first-order valence-corrected chi connectivity index (χ1v) is 8.96. The van der Waals surface area contributed by atoms with E-state index in [1.807, 2.05) is 13.8 Å². The van der Waals surface area contributed by atoms with Gasteiger partial charge in [0.2, 0.25) is 0 Å². The number of nitriles is 1. The van der Waals surface area contributed by atoms with E-state index in [0.29, 0.717) is 11.7 Å². The van der Waals surface area contributed by atoms with Crippen LogP contribution >= 0.6 is 23.1 Å². The molecule has 0 saturated carbocycles. The number of aromatic nitrogens is 2. The van der Waals surface area contributed by atoms with Crippen molar-refractivity contribution in [2.75, 3.05) is 0 Å². The molecule has 0 amide bonds. The lowest BCUT2D eigenvalue weighted by molar-refractivity contribution is 0.633. The fraction of sp³-hybridized carbons (Fsp3) is 0.533. The van der Waals surface area contributed by atoms with E-state index < -0.39 is 0 Å². The van der Waals surface area contributed by atoms with Crippen LogP contribution < -0.4 is 5.56 Å². The van der Waals surface area contributed by atoms with Crippen LogP contribution in [0.25, 0.3) is 10.2 Å². The molecule has 0 aliphatic heterocycles. The van der Waals surface area contributed by atoms with Crippen LogP contribution in [0.3, 0.4) is 0 Å². The van der Waals surface area contributed by atoms with E-state index in [1.165, 1.54) is 28.6 Å². The van der Waals surface area contributed by atoms with Crippen molar-refractivity contribution in [1.82, 2.24) is 9.55 Å². The van der Waals surface area contributed by atoms with Crippen LogP contribution in [0.5, 0.6) is 0 Å². The van der Waals surface area contributed by atoms with Crippen LogP contribution in [0.2, 0.25) is 0 Å². The van der Waals surface area contributed by atoms with Gasteiger partial charge < -0.3 is 0 Å². The number of nitrogens with zero attached hydrogens (tertiary/aromatic N) is 3. The van der Waals surface area contributed by atoms with Crippen molar-refractivity contribution < 1.29 is 0 Å². The van der Waals surface area contributed by atoms with Gasteiger partial charge in [-0.05, 0) is 45.1 Å². The molecule has 0 radical (unpaired) electrons. The molecule has 0 fully saturated rings. The van der Waals surface area contributed by atoms with E-state index >= 15 is 0 Å². The van der Waals surface area contributed by atoms with Crippen LogP contribution in [-0.2, 0) is 19.4 Å². The van der Waals surface area contributed by atoms with E-state index in [-0.39, 0.29) is 10.8 Å². The standard InChI is InChI=1S/C15H17N3OS2/c1-3-18-14(19)12-10-6-4-5-7-11(10)21-13(12)17-15(18)20-9(2)8-16/h9H,3-7H2,1-2H3/t9-/m0/s1. The van der Waals surface area contributed by atoms with E-state index in [0.717, 1.165) is 29.5 Å². The first kappa shape index (κ1) is 14.6. The summed E-state index contributed by atoms with van der Waals surface area (Å²) in [5, 5.41) is 10.3. The largest absolute Gasteiger partial charge is 0.287 e. The third-order valence-electron chi connectivity index (χ3n) is 3.82. The number of thioether (sulfide) groups is 1. The van der Waals surface area contributed by atoms with Gasteiger partial charge in [-0.3, -0.25) is 9.36 Å². The highest BCUT2D eigenvalue weighted by Crippen LogP contribution is 2.35. The second kappa shape index (κ2) is 5.82. The molecule has 2 aromatic rings. The van der Waals surface area contributed by atoms with Crippen molar-refractivity contribution in [2.45, 2.75) is 56.5 Å². The summed E-state index contributed by atoms with van der Waals surface area (Å²) in [6, 6.07) is 2.19. The lowest BCUT2D eigenvalue weighted by atomic mass is 9.97. The summed E-state index contributed by atoms with van der Waals surface area (Å²) < 4.78 is 1.71. The van der Waals surface area contributed by atoms with Gasteiger partial charge in [0.15, 0.2) is 5.16 Å². The van der Waals surface area contributed by atoms with Crippen molar-refractivity contribution in [3.63, 3.8) is 0 Å². The molecule has 0 unspecified atom stereocenters. The van der Waals surface area contributed by atoms with E-state index in [1.54, 1.807) is 15.9 Å². The van der Waals surface area contributed by atoms with Gasteiger partial charge in [-0.2, -0.15) is 5.26 Å². The molecule has 3 rings (SSSR count). The second-order valence-corrected chi connectivity index (χ2v) is 7.62. The zero-order valence-corrected chi connectivity index (χ0v) is 13.8. The minimum Gasteiger partial charge on any atom is -0.287 e. The van der Waals surface area contributed by atoms with Crippen molar-refractivity contribution in [3.05, 3.63) is 20.8 Å². The molecule has 0 saturated heterocycles. The lowest BCUT2D eigenvalue weighted by Gasteiger charge is -2.12. The summed E-state index contributed by atoms with van der Waals surface area (Å²) in [6.07, 6.45) is 4.43. The Kier molecular flexibility index (Phi) is 4.05. The van der Waals surface area contributed by atoms with Gasteiger partial charge in [0.05, 0.1) is 16.7 Å². The predicted octanol–water partition coefficient (Wildman–Crippen LogP) is 3.36. The maximum atomic E-state index is 12.8. The molecule has 1 atom stereocenters. The molecule has 1 aliphatic rings. The third kappa shape index (κ3) is 2.49. The second-order valence-electron chi connectivity index (χ2n) is 5.22. The summed E-state index contributed by atoms with van der Waals surface area (Å²) in [5.74, 6) is 0. The molecule has 6 heteroatoms. The average Bonchev–Trinajstić information content (AvgIpc) is 2.85. The molecule has 4 nitrogen and oxygen atoms in total. The Morgan fingerprint density at radius 2 is 2.24 bits per heavy atom. The first-order valence-electron chi connectivity index (χ1n) is 7.27. The molecule has 2 heterocycles. The van der Waals surface area contributed by atoms with Gasteiger partial charge in [0.1, 0.15) is 4.83 Å². The van der Waals surface area contributed by atoms with Crippen LogP contribution in [0.15, 0.2) is 9.95 Å². The Morgan fingerprint density at radius 3 is 2.95 bits per heavy atom. The van der Waals surface area contributed by atoms with Crippen LogP contribution in [0, 0.1) is 11.3 Å². The SMILES string of the molecule is CCn1c(S[C@@H](C)C#N)nc2sc3c(c2c1=O)CCCC3. The number of rotatable bonds is 3. The van der Waals surface area contributed by atoms with Gasteiger partial charge in [0.25, 0.3) is 5.56 Å². The Labute approximate surface area is 131 Å². The maximum absolute atomic E-state index is 12.8. The minimum absolute atomic E-state index is 0.0644. The fourth-order valence-electron chi connectivity index (χ4n) is 2.77. The molecule has 0 N–H and O–H groups in total. The van der Waals surface area contributed by atoms with Crippen molar-refractivity contribution in [2.24, 2.45) is 0 Å². The maximum Gasteiger partial charge on any atom is 0.263 e. The van der Waals surface area contributed by atoms with Gasteiger partial charge in [-0.15, -0.1) is 11.3 Å².